The molecule has 0 fully saturated rings. The lowest BCUT2D eigenvalue weighted by molar-refractivity contribution is 0.142. The van der Waals surface area contributed by atoms with Crippen LogP contribution >= 0.6 is 0 Å². The van der Waals surface area contributed by atoms with Crippen molar-refractivity contribution in [2.45, 2.75) is 26.4 Å². The van der Waals surface area contributed by atoms with E-state index < -0.39 is 18.2 Å². The highest BCUT2D eigenvalue weighted by Crippen LogP contribution is 2.31. The van der Waals surface area contributed by atoms with Crippen LogP contribution in [-0.4, -0.2) is 39.7 Å². The number of hydrogen-bond donors (Lipinski definition) is 1. The predicted molar refractivity (Wildman–Crippen MR) is 123 cm³/mol. The Morgan fingerprint density at radius 2 is 1.94 bits per heavy atom. The molecule has 36 heavy (non-hydrogen) atoms. The summed E-state index contributed by atoms with van der Waals surface area (Å²) in [6.07, 6.45) is -0.681. The second-order valence-corrected chi connectivity index (χ2v) is 7.93. The van der Waals surface area contributed by atoms with Crippen LogP contribution in [0.5, 0.6) is 11.6 Å². The Balaban J connectivity index is 1.57. The van der Waals surface area contributed by atoms with Crippen LogP contribution in [0.1, 0.15) is 42.1 Å². The fourth-order valence-corrected chi connectivity index (χ4v) is 3.67. The number of nitrogens with zero attached hydrogens (tertiary/aromatic N) is 8. The summed E-state index contributed by atoms with van der Waals surface area (Å²) in [6, 6.07) is 13.0. The molecule has 0 unspecified atom stereocenters. The maximum atomic E-state index is 13.7. The van der Waals surface area contributed by atoms with E-state index in [0.29, 0.717) is 28.4 Å². The molecule has 1 N–H and O–H groups in total. The number of alkyl halides is 2. The van der Waals surface area contributed by atoms with Gasteiger partial charge in [-0.15, -0.1) is 5.10 Å². The smallest absolute Gasteiger partial charge is 0.280 e. The molecule has 0 aliphatic heterocycles. The van der Waals surface area contributed by atoms with E-state index >= 15 is 0 Å². The molecule has 0 aromatic carbocycles. The molecule has 0 saturated heterocycles. The molecular formula is C24H18F2N8O2. The molecule has 0 aliphatic rings. The van der Waals surface area contributed by atoms with Crippen LogP contribution in [-0.2, 0) is 0 Å². The van der Waals surface area contributed by atoms with Crippen LogP contribution < -0.4 is 4.74 Å². The molecule has 0 saturated carbocycles. The highest BCUT2D eigenvalue weighted by atomic mass is 19.3. The highest BCUT2D eigenvalue weighted by molar-refractivity contribution is 5.78. The maximum Gasteiger partial charge on any atom is 0.280 e. The van der Waals surface area contributed by atoms with Gasteiger partial charge in [0.2, 0.25) is 5.88 Å². The first-order valence-corrected chi connectivity index (χ1v) is 10.8. The topological polar surface area (TPSA) is 127 Å². The van der Waals surface area contributed by atoms with Gasteiger partial charge in [0.25, 0.3) is 6.43 Å². The Morgan fingerprint density at radius 3 is 2.64 bits per heavy atom. The molecule has 5 aromatic rings. The highest BCUT2D eigenvalue weighted by Gasteiger charge is 2.23. The molecule has 12 heteroatoms. The fraction of sp³-hybridized carbons (Fsp3) is 0.167. The second-order valence-electron chi connectivity index (χ2n) is 7.93. The van der Waals surface area contributed by atoms with Crippen LogP contribution in [0.25, 0.3) is 22.6 Å². The van der Waals surface area contributed by atoms with Crippen molar-refractivity contribution >= 4 is 5.52 Å². The van der Waals surface area contributed by atoms with Gasteiger partial charge >= 0.3 is 0 Å². The number of nitriles is 1. The largest absolute Gasteiger partial charge is 0.436 e. The standard InChI is InChI=1S/C24H18F2N8O2/c1-13-3-8-22(31-30-13)36-16-4-7-20-18(11-28-33(20)12-16)19-6-5-17(14(2)35)24(29-19)34-21(23(25)26)9-15(10-27)32-34/h3-9,11-12,14,23,35H,1-2H3/t14-/m0/s1. The number of rotatable bonds is 6. The van der Waals surface area contributed by atoms with E-state index in [9.17, 15) is 13.9 Å². The minimum atomic E-state index is -2.90. The molecule has 10 nitrogen and oxygen atoms in total. The van der Waals surface area contributed by atoms with E-state index in [-0.39, 0.29) is 17.1 Å². The van der Waals surface area contributed by atoms with Crippen molar-refractivity contribution in [3.63, 3.8) is 0 Å². The minimum absolute atomic E-state index is 0.00320. The van der Waals surface area contributed by atoms with Crippen molar-refractivity contribution in [2.75, 3.05) is 0 Å². The molecule has 5 heterocycles. The number of fused-ring (bicyclic) bond motifs is 1. The fourth-order valence-electron chi connectivity index (χ4n) is 3.67. The van der Waals surface area contributed by atoms with Crippen molar-refractivity contribution in [2.24, 2.45) is 0 Å². The Labute approximate surface area is 203 Å². The zero-order valence-electron chi connectivity index (χ0n) is 19.0. The molecular weight excluding hydrogens is 470 g/mol. The van der Waals surface area contributed by atoms with E-state index in [4.69, 9.17) is 10.00 Å². The third-order valence-corrected chi connectivity index (χ3v) is 5.39. The van der Waals surface area contributed by atoms with Crippen molar-refractivity contribution in [3.8, 4) is 34.8 Å². The van der Waals surface area contributed by atoms with Gasteiger partial charge in [-0.3, -0.25) is 0 Å². The summed E-state index contributed by atoms with van der Waals surface area (Å²) < 4.78 is 35.6. The monoisotopic (exact) mass is 488 g/mol. The van der Waals surface area contributed by atoms with Crippen LogP contribution in [0.15, 0.2) is 54.9 Å². The molecule has 0 bridgehead atoms. The van der Waals surface area contributed by atoms with Crippen molar-refractivity contribution in [1.82, 2.24) is 34.6 Å². The Hall–Kier alpha value is -4.76. The van der Waals surface area contributed by atoms with Crippen molar-refractivity contribution in [3.05, 3.63) is 77.5 Å². The average molecular weight is 488 g/mol. The summed E-state index contributed by atoms with van der Waals surface area (Å²) in [6.45, 7) is 3.32. The Morgan fingerprint density at radius 1 is 1.11 bits per heavy atom. The Bertz CT molecular complexity index is 1600. The normalized spacial score (nSPS) is 12.1. The summed E-state index contributed by atoms with van der Waals surface area (Å²) >= 11 is 0. The zero-order chi connectivity index (χ0) is 25.4. The Kier molecular flexibility index (Phi) is 5.83. The molecule has 180 valence electrons. The molecule has 0 aliphatic carbocycles. The first-order valence-electron chi connectivity index (χ1n) is 10.8. The summed E-state index contributed by atoms with van der Waals surface area (Å²) in [5, 5.41) is 35.7. The summed E-state index contributed by atoms with van der Waals surface area (Å²) in [4.78, 5) is 4.54. The van der Waals surface area contributed by atoms with E-state index in [1.54, 1.807) is 59.4 Å². The van der Waals surface area contributed by atoms with Crippen LogP contribution in [0.2, 0.25) is 0 Å². The molecule has 0 radical (unpaired) electrons. The minimum Gasteiger partial charge on any atom is -0.436 e. The van der Waals surface area contributed by atoms with Gasteiger partial charge in [-0.1, -0.05) is 6.07 Å². The van der Waals surface area contributed by atoms with E-state index in [0.717, 1.165) is 16.4 Å². The van der Waals surface area contributed by atoms with E-state index in [2.05, 4.69) is 25.4 Å². The lowest BCUT2D eigenvalue weighted by atomic mass is 10.1. The third kappa shape index (κ3) is 4.23. The van der Waals surface area contributed by atoms with Gasteiger partial charge in [-0.25, -0.2) is 23.0 Å². The van der Waals surface area contributed by atoms with E-state index in [1.165, 1.54) is 6.92 Å². The summed E-state index contributed by atoms with van der Waals surface area (Å²) in [5.74, 6) is 0.810. The lowest BCUT2D eigenvalue weighted by Crippen LogP contribution is -2.11. The third-order valence-electron chi connectivity index (χ3n) is 5.39. The first kappa shape index (κ1) is 23.0. The van der Waals surface area contributed by atoms with E-state index in [1.807, 2.05) is 6.92 Å². The summed E-state index contributed by atoms with van der Waals surface area (Å²) in [5.41, 5.74) is 2.06. The number of hydrogen-bond acceptors (Lipinski definition) is 8. The van der Waals surface area contributed by atoms with Gasteiger partial charge in [0.05, 0.1) is 35.4 Å². The van der Waals surface area contributed by atoms with Crippen LogP contribution in [0.4, 0.5) is 8.78 Å². The quantitative estimate of drug-likeness (QED) is 0.374. The molecule has 0 amide bonds. The zero-order valence-corrected chi connectivity index (χ0v) is 19.0. The number of ether oxygens (including phenoxy) is 1. The van der Waals surface area contributed by atoms with Gasteiger partial charge in [0, 0.05) is 23.3 Å². The van der Waals surface area contributed by atoms with Crippen molar-refractivity contribution < 1.29 is 18.6 Å². The molecule has 0 spiro atoms. The van der Waals surface area contributed by atoms with Crippen LogP contribution in [0.3, 0.4) is 0 Å². The number of aromatic nitrogens is 7. The molecule has 5 aromatic heterocycles. The number of aliphatic hydroxyl groups excluding tert-OH is 1. The average Bonchev–Trinajstić information content (AvgIpc) is 3.49. The number of aryl methyl sites for hydroxylation is 1. The molecule has 5 rings (SSSR count). The van der Waals surface area contributed by atoms with Gasteiger partial charge in [-0.2, -0.15) is 20.6 Å². The number of halogens is 2. The van der Waals surface area contributed by atoms with Gasteiger partial charge in [0.15, 0.2) is 11.5 Å². The van der Waals surface area contributed by atoms with Gasteiger partial charge < -0.3 is 9.84 Å². The van der Waals surface area contributed by atoms with Crippen LogP contribution in [0, 0.1) is 18.3 Å². The predicted octanol–water partition coefficient (Wildman–Crippen LogP) is 4.34. The SMILES string of the molecule is Cc1ccc(Oc2ccc3c(-c4ccc([C@H](C)O)c(-n5nc(C#N)cc5C(F)F)n4)cnn3c2)nn1. The van der Waals surface area contributed by atoms with Gasteiger partial charge in [-0.05, 0) is 38.1 Å². The number of pyridine rings is 2. The van der Waals surface area contributed by atoms with Crippen molar-refractivity contribution in [1.29, 1.82) is 5.26 Å². The van der Waals surface area contributed by atoms with Gasteiger partial charge in [0.1, 0.15) is 17.5 Å². The first-order chi connectivity index (χ1) is 17.3. The maximum absolute atomic E-state index is 13.7. The second kappa shape index (κ2) is 9.12. The summed E-state index contributed by atoms with van der Waals surface area (Å²) in [7, 11) is 0. The number of aliphatic hydroxyl groups is 1. The lowest BCUT2D eigenvalue weighted by Gasteiger charge is -2.14. The molecule has 1 atom stereocenters.